The Balaban J connectivity index is 2.20. The quantitative estimate of drug-likeness (QED) is 0.646. The first-order valence-electron chi connectivity index (χ1n) is 8.14. The smallest absolute Gasteiger partial charge is 0.00576 e. The minimum absolute atomic E-state index is 1.09. The lowest BCUT2D eigenvalue weighted by atomic mass is 9.89. The summed E-state index contributed by atoms with van der Waals surface area (Å²) in [4.78, 5) is 0. The van der Waals surface area contributed by atoms with Gasteiger partial charge in [-0.1, -0.05) is 68.3 Å². The van der Waals surface area contributed by atoms with Gasteiger partial charge in [-0.05, 0) is 59.6 Å². The van der Waals surface area contributed by atoms with Gasteiger partial charge >= 0.3 is 0 Å². The van der Waals surface area contributed by atoms with Crippen molar-refractivity contribution in [1.29, 1.82) is 0 Å². The number of aryl methyl sites for hydroxylation is 2. The van der Waals surface area contributed by atoms with Crippen molar-refractivity contribution in [3.63, 3.8) is 0 Å². The molecular weight excluding hydrogens is 252 g/mol. The molecule has 0 bridgehead atoms. The van der Waals surface area contributed by atoms with Gasteiger partial charge in [0.05, 0.1) is 0 Å². The zero-order valence-electron chi connectivity index (χ0n) is 13.4. The maximum Gasteiger partial charge on any atom is -0.00576 e. The third kappa shape index (κ3) is 2.55. The molecule has 0 aromatic heterocycles. The standard InChI is InChI=1S/C21H24/c1-4-8-16-13-18-12-11-17(5-2)21(20(18)14-16)19-10-7-6-9-15(19)3/h6-7,9-12,14H,4-5,8,13H2,1-3H3. The van der Waals surface area contributed by atoms with Gasteiger partial charge in [-0.15, -0.1) is 0 Å². The van der Waals surface area contributed by atoms with E-state index >= 15 is 0 Å². The Hall–Kier alpha value is -1.82. The molecule has 0 spiro atoms. The molecule has 0 unspecified atom stereocenters. The first-order valence-corrected chi connectivity index (χ1v) is 8.14. The summed E-state index contributed by atoms with van der Waals surface area (Å²) in [6.07, 6.45) is 7.16. The Kier molecular flexibility index (Phi) is 3.96. The number of rotatable bonds is 4. The third-order valence-corrected chi connectivity index (χ3v) is 4.55. The zero-order chi connectivity index (χ0) is 14.8. The van der Waals surface area contributed by atoms with E-state index in [1.807, 2.05) is 0 Å². The molecule has 0 saturated heterocycles. The van der Waals surface area contributed by atoms with Crippen LogP contribution in [0.5, 0.6) is 0 Å². The van der Waals surface area contributed by atoms with Gasteiger partial charge in [0.25, 0.3) is 0 Å². The molecule has 108 valence electrons. The highest BCUT2D eigenvalue weighted by atomic mass is 14.2. The molecule has 0 saturated carbocycles. The van der Waals surface area contributed by atoms with E-state index in [1.54, 1.807) is 5.57 Å². The Morgan fingerprint density at radius 3 is 2.52 bits per heavy atom. The average molecular weight is 276 g/mol. The molecule has 0 heterocycles. The Bertz CT molecular complexity index is 689. The number of allylic oxidation sites excluding steroid dienone is 1. The van der Waals surface area contributed by atoms with Crippen molar-refractivity contribution in [1.82, 2.24) is 0 Å². The maximum atomic E-state index is 2.46. The molecule has 0 atom stereocenters. The van der Waals surface area contributed by atoms with Crippen LogP contribution in [0.25, 0.3) is 17.2 Å². The summed E-state index contributed by atoms with van der Waals surface area (Å²) in [6, 6.07) is 13.5. The van der Waals surface area contributed by atoms with E-state index in [1.165, 1.54) is 46.2 Å². The predicted molar refractivity (Wildman–Crippen MR) is 92.6 cm³/mol. The number of hydrogen-bond acceptors (Lipinski definition) is 0. The van der Waals surface area contributed by atoms with Crippen molar-refractivity contribution in [2.24, 2.45) is 0 Å². The highest BCUT2D eigenvalue weighted by Crippen LogP contribution is 2.39. The van der Waals surface area contributed by atoms with Crippen LogP contribution in [0.15, 0.2) is 42.0 Å². The summed E-state index contributed by atoms with van der Waals surface area (Å²) in [7, 11) is 0. The molecule has 0 heteroatoms. The van der Waals surface area contributed by atoms with Gasteiger partial charge in [-0.3, -0.25) is 0 Å². The van der Waals surface area contributed by atoms with E-state index in [0.29, 0.717) is 0 Å². The van der Waals surface area contributed by atoms with Crippen LogP contribution in [-0.2, 0) is 12.8 Å². The van der Waals surface area contributed by atoms with E-state index in [2.05, 4.69) is 63.2 Å². The van der Waals surface area contributed by atoms with Crippen LogP contribution < -0.4 is 0 Å². The van der Waals surface area contributed by atoms with Crippen LogP contribution in [-0.4, -0.2) is 0 Å². The first kappa shape index (κ1) is 14.1. The number of fused-ring (bicyclic) bond motifs is 1. The van der Waals surface area contributed by atoms with Crippen LogP contribution in [0.1, 0.15) is 48.9 Å². The lowest BCUT2D eigenvalue weighted by Crippen LogP contribution is -1.95. The van der Waals surface area contributed by atoms with Crippen molar-refractivity contribution in [2.45, 2.75) is 46.5 Å². The molecule has 2 aromatic rings. The van der Waals surface area contributed by atoms with E-state index < -0.39 is 0 Å². The molecule has 21 heavy (non-hydrogen) atoms. The van der Waals surface area contributed by atoms with Crippen molar-refractivity contribution in [3.8, 4) is 11.1 Å². The summed E-state index contributed by atoms with van der Waals surface area (Å²) in [6.45, 7) is 6.75. The van der Waals surface area contributed by atoms with Gasteiger partial charge in [0, 0.05) is 0 Å². The summed E-state index contributed by atoms with van der Waals surface area (Å²) in [5, 5.41) is 0. The Morgan fingerprint density at radius 2 is 1.81 bits per heavy atom. The van der Waals surface area contributed by atoms with Crippen LogP contribution in [0.4, 0.5) is 0 Å². The molecule has 0 N–H and O–H groups in total. The minimum Gasteiger partial charge on any atom is -0.0652 e. The highest BCUT2D eigenvalue weighted by molar-refractivity contribution is 5.84. The van der Waals surface area contributed by atoms with Gasteiger partial charge in [-0.25, -0.2) is 0 Å². The SMILES string of the molecule is CCCC1=Cc2c(ccc(CC)c2-c2ccccc2C)C1. The fourth-order valence-electron chi connectivity index (χ4n) is 3.47. The van der Waals surface area contributed by atoms with Crippen molar-refractivity contribution in [3.05, 3.63) is 64.2 Å². The molecular formula is C21H24. The van der Waals surface area contributed by atoms with E-state index in [0.717, 1.165) is 12.8 Å². The summed E-state index contributed by atoms with van der Waals surface area (Å²) in [5.41, 5.74) is 10.3. The molecule has 3 rings (SSSR count). The first-order chi connectivity index (χ1) is 10.2. The number of benzene rings is 2. The fourth-order valence-corrected chi connectivity index (χ4v) is 3.47. The van der Waals surface area contributed by atoms with E-state index in [9.17, 15) is 0 Å². The predicted octanol–water partition coefficient (Wildman–Crippen LogP) is 5.96. The van der Waals surface area contributed by atoms with Crippen LogP contribution in [0.3, 0.4) is 0 Å². The molecule has 1 aliphatic carbocycles. The second-order valence-electron chi connectivity index (χ2n) is 6.07. The molecule has 0 nitrogen and oxygen atoms in total. The fraction of sp³-hybridized carbons (Fsp3) is 0.333. The summed E-state index contributed by atoms with van der Waals surface area (Å²) in [5.74, 6) is 0. The van der Waals surface area contributed by atoms with Gasteiger partial charge in [0.1, 0.15) is 0 Å². The van der Waals surface area contributed by atoms with Crippen molar-refractivity contribution in [2.75, 3.05) is 0 Å². The molecule has 1 aliphatic rings. The van der Waals surface area contributed by atoms with Gasteiger partial charge < -0.3 is 0 Å². The lowest BCUT2D eigenvalue weighted by Gasteiger charge is -2.15. The van der Waals surface area contributed by atoms with Crippen molar-refractivity contribution < 1.29 is 0 Å². The molecule has 0 aliphatic heterocycles. The average Bonchev–Trinajstić information content (AvgIpc) is 2.90. The monoisotopic (exact) mass is 276 g/mol. The van der Waals surface area contributed by atoms with Crippen LogP contribution in [0, 0.1) is 6.92 Å². The van der Waals surface area contributed by atoms with Gasteiger partial charge in [0.2, 0.25) is 0 Å². The largest absolute Gasteiger partial charge is 0.0652 e. The normalized spacial score (nSPS) is 13.2. The topological polar surface area (TPSA) is 0 Å². The second-order valence-corrected chi connectivity index (χ2v) is 6.07. The Morgan fingerprint density at radius 1 is 1.00 bits per heavy atom. The van der Waals surface area contributed by atoms with Crippen LogP contribution >= 0.6 is 0 Å². The highest BCUT2D eigenvalue weighted by Gasteiger charge is 2.19. The maximum absolute atomic E-state index is 2.46. The molecule has 0 fully saturated rings. The summed E-state index contributed by atoms with van der Waals surface area (Å²) >= 11 is 0. The molecule has 0 amide bonds. The second kappa shape index (κ2) is 5.89. The van der Waals surface area contributed by atoms with E-state index in [4.69, 9.17) is 0 Å². The Labute approximate surface area is 128 Å². The number of hydrogen-bond donors (Lipinski definition) is 0. The lowest BCUT2D eigenvalue weighted by molar-refractivity contribution is 0.886. The zero-order valence-corrected chi connectivity index (χ0v) is 13.4. The van der Waals surface area contributed by atoms with Gasteiger partial charge in [-0.2, -0.15) is 0 Å². The molecule has 0 radical (unpaired) electrons. The third-order valence-electron chi connectivity index (χ3n) is 4.55. The summed E-state index contributed by atoms with van der Waals surface area (Å²) < 4.78 is 0. The minimum atomic E-state index is 1.09. The molecule has 2 aromatic carbocycles. The van der Waals surface area contributed by atoms with Crippen molar-refractivity contribution >= 4 is 6.08 Å². The van der Waals surface area contributed by atoms with Gasteiger partial charge in [0.15, 0.2) is 0 Å². The van der Waals surface area contributed by atoms with E-state index in [-0.39, 0.29) is 0 Å². The van der Waals surface area contributed by atoms with Crippen LogP contribution in [0.2, 0.25) is 0 Å².